The van der Waals surface area contributed by atoms with Crippen LogP contribution < -0.4 is 16.8 Å². The Morgan fingerprint density at radius 2 is 1.53 bits per heavy atom. The van der Waals surface area contributed by atoms with Crippen molar-refractivity contribution in [1.29, 1.82) is 0 Å². The summed E-state index contributed by atoms with van der Waals surface area (Å²) in [6.45, 7) is 7.10. The maximum Gasteiger partial charge on any atom is 0.409 e. The first kappa shape index (κ1) is 57.0. The molecule has 2 fully saturated rings. The molecular weight excluding hydrogens is 1000 g/mol. The van der Waals surface area contributed by atoms with Gasteiger partial charge in [0.15, 0.2) is 28.8 Å². The largest absolute Gasteiger partial charge is 0.448 e. The summed E-state index contributed by atoms with van der Waals surface area (Å²) in [6, 6.07) is 33.7. The van der Waals surface area contributed by atoms with Crippen molar-refractivity contribution in [2.24, 2.45) is 11.8 Å². The van der Waals surface area contributed by atoms with Crippen LogP contribution in [0.1, 0.15) is 102 Å². The van der Waals surface area contributed by atoms with Crippen LogP contribution in [0.4, 0.5) is 16.4 Å². The van der Waals surface area contributed by atoms with Crippen molar-refractivity contribution >= 4 is 41.1 Å². The van der Waals surface area contributed by atoms with Crippen molar-refractivity contribution in [2.45, 2.75) is 102 Å². The van der Waals surface area contributed by atoms with Crippen LogP contribution in [0.5, 0.6) is 0 Å². The highest BCUT2D eigenvalue weighted by Gasteiger charge is 2.40. The van der Waals surface area contributed by atoms with Crippen molar-refractivity contribution in [3.05, 3.63) is 142 Å². The minimum atomic E-state index is -1.40. The van der Waals surface area contributed by atoms with E-state index in [0.717, 1.165) is 64.6 Å². The molecule has 1 aromatic heterocycles. The van der Waals surface area contributed by atoms with Crippen molar-refractivity contribution in [3.8, 4) is 11.1 Å². The number of carbonyl (C=O) groups is 3. The van der Waals surface area contributed by atoms with E-state index in [4.69, 9.17) is 37.3 Å². The number of aryl methyl sites for hydroxylation is 1. The number of carbonyl (C=O) groups excluding carboxylic acids is 3. The van der Waals surface area contributed by atoms with E-state index in [2.05, 4.69) is 46.5 Å². The van der Waals surface area contributed by atoms with Gasteiger partial charge in [-0.25, -0.2) is 14.8 Å². The van der Waals surface area contributed by atoms with Crippen molar-refractivity contribution < 1.29 is 43.9 Å². The molecule has 0 radical (unpaired) electrons. The Kier molecular flexibility index (Phi) is 20.3. The minimum absolute atomic E-state index is 0.0129. The molecule has 3 amide bonds. The summed E-state index contributed by atoms with van der Waals surface area (Å²) < 4.78 is 18.0. The quantitative estimate of drug-likeness (QED) is 0.0337. The molecule has 5 aromatic rings. The number of amides is 3. The standard InChI is InChI=1S/C59H75ClN8O9/c1-3-4-5-15-27-66(35-48(69)52(72)53-49(70)37-75-58(77-53)41-17-7-6-8-18-41)28-26-50(71)67-29-24-39(25-30-67)33-68(59(74)76-36-47-45-22-13-11-20-43(45)44-21-12-14-23-46(44)47)34-40(31-42-19-10-9-16-38(42)2)32-63-57(73)51-55(61)65-56(62)54(60)64-51/h6-14,16-23,39-40,47-49,52-53,58,69-70,72H,3-5,15,24-37H2,1-2H3,(H,63,73)(H4,61,62,65)/t40-,48+,49+,52+,53+,58+/m0/s1. The van der Waals surface area contributed by atoms with Crippen LogP contribution in [0.3, 0.4) is 0 Å². The number of benzene rings is 4. The number of unbranched alkanes of at least 4 members (excludes halogenated alkanes) is 3. The Morgan fingerprint density at radius 3 is 2.23 bits per heavy atom. The van der Waals surface area contributed by atoms with Gasteiger partial charge in [0, 0.05) is 63.7 Å². The number of hydrogen-bond donors (Lipinski definition) is 6. The maximum absolute atomic E-state index is 14.7. The fraction of sp³-hybridized carbons (Fsp3) is 0.475. The fourth-order valence-electron chi connectivity index (χ4n) is 10.9. The summed E-state index contributed by atoms with van der Waals surface area (Å²) in [5.74, 6) is -1.23. The van der Waals surface area contributed by atoms with Gasteiger partial charge >= 0.3 is 6.09 Å². The number of rotatable bonds is 24. The molecule has 2 aliphatic heterocycles. The van der Waals surface area contributed by atoms with Crippen LogP contribution in [-0.4, -0.2) is 148 Å². The molecule has 17 nitrogen and oxygen atoms in total. The Balaban J connectivity index is 0.929. The number of aromatic nitrogens is 2. The first-order chi connectivity index (χ1) is 37.3. The van der Waals surface area contributed by atoms with Gasteiger partial charge in [0.05, 0.1) is 12.7 Å². The third kappa shape index (κ3) is 14.9. The Morgan fingerprint density at radius 1 is 0.857 bits per heavy atom. The number of nitrogen functional groups attached to an aromatic ring is 2. The van der Waals surface area contributed by atoms with Gasteiger partial charge in [0.25, 0.3) is 5.91 Å². The van der Waals surface area contributed by atoms with Crippen molar-refractivity contribution in [1.82, 2.24) is 30.0 Å². The number of nitrogens with two attached hydrogens (primary N) is 2. The summed E-state index contributed by atoms with van der Waals surface area (Å²) in [5, 5.41) is 36.4. The second-order valence-electron chi connectivity index (χ2n) is 20.8. The third-order valence-electron chi connectivity index (χ3n) is 15.3. The van der Waals surface area contributed by atoms with Crippen molar-refractivity contribution in [3.63, 3.8) is 0 Å². The molecule has 18 heteroatoms. The molecule has 77 heavy (non-hydrogen) atoms. The molecule has 6 atom stereocenters. The number of aliphatic hydroxyl groups is 3. The van der Waals surface area contributed by atoms with Crippen LogP contribution in [-0.2, 0) is 25.4 Å². The summed E-state index contributed by atoms with van der Waals surface area (Å²) in [7, 11) is 0. The lowest BCUT2D eigenvalue weighted by Crippen LogP contribution is -2.54. The molecule has 0 spiro atoms. The summed E-state index contributed by atoms with van der Waals surface area (Å²) in [6.07, 6.45) is -0.132. The number of aliphatic hydroxyl groups excluding tert-OH is 3. The zero-order valence-electron chi connectivity index (χ0n) is 44.2. The highest BCUT2D eigenvalue weighted by atomic mass is 35.5. The van der Waals surface area contributed by atoms with Crippen LogP contribution in [0.25, 0.3) is 11.1 Å². The molecular formula is C59H75ClN8O9. The van der Waals surface area contributed by atoms with E-state index in [1.165, 1.54) is 0 Å². The van der Waals surface area contributed by atoms with Crippen LogP contribution >= 0.6 is 11.6 Å². The monoisotopic (exact) mass is 1070 g/mol. The second kappa shape index (κ2) is 27.4. The number of fused-ring (bicyclic) bond motifs is 3. The minimum Gasteiger partial charge on any atom is -0.448 e. The lowest BCUT2D eigenvalue weighted by atomic mass is 9.93. The molecule has 0 saturated carbocycles. The lowest BCUT2D eigenvalue weighted by molar-refractivity contribution is -0.283. The van der Waals surface area contributed by atoms with Crippen LogP contribution in [0.15, 0.2) is 103 Å². The molecule has 4 aromatic carbocycles. The summed E-state index contributed by atoms with van der Waals surface area (Å²) in [4.78, 5) is 56.0. The molecule has 3 aliphatic rings. The van der Waals surface area contributed by atoms with E-state index >= 15 is 0 Å². The smallest absolute Gasteiger partial charge is 0.409 e. The number of hydrogen-bond acceptors (Lipinski definition) is 14. The van der Waals surface area contributed by atoms with Gasteiger partial charge in [-0.1, -0.05) is 141 Å². The maximum atomic E-state index is 14.7. The van der Waals surface area contributed by atoms with Crippen molar-refractivity contribution in [2.75, 3.05) is 77.0 Å². The van der Waals surface area contributed by atoms with Crippen LogP contribution in [0, 0.1) is 18.8 Å². The number of nitrogens with one attached hydrogen (secondary N) is 1. The normalized spacial score (nSPS) is 18.8. The van der Waals surface area contributed by atoms with Gasteiger partial charge in [0.1, 0.15) is 24.9 Å². The number of anilines is 2. The molecule has 0 bridgehead atoms. The van der Waals surface area contributed by atoms with E-state index in [1.807, 2.05) is 95.6 Å². The number of piperidine rings is 1. The average molecular weight is 1080 g/mol. The molecule has 8 N–H and O–H groups in total. The van der Waals surface area contributed by atoms with E-state index in [1.54, 1.807) is 4.90 Å². The van der Waals surface area contributed by atoms with Crippen LogP contribution in [0.2, 0.25) is 5.15 Å². The van der Waals surface area contributed by atoms with Gasteiger partial charge in [-0.05, 0) is 84.4 Å². The predicted molar refractivity (Wildman–Crippen MR) is 296 cm³/mol. The Bertz CT molecular complexity index is 2700. The summed E-state index contributed by atoms with van der Waals surface area (Å²) >= 11 is 6.15. The highest BCUT2D eigenvalue weighted by Crippen LogP contribution is 2.44. The lowest BCUT2D eigenvalue weighted by Gasteiger charge is -2.39. The number of ether oxygens (including phenoxy) is 3. The van der Waals surface area contributed by atoms with Gasteiger partial charge < -0.3 is 61.0 Å². The van der Waals surface area contributed by atoms with Gasteiger partial charge in [0.2, 0.25) is 5.91 Å². The SMILES string of the molecule is CCCCCCN(CCC(=O)N1CCC(CN(C[C@H](CNC(=O)c2nc(Cl)c(N)nc2N)Cc2ccccc2C)C(=O)OCC2c3ccccc3-c3ccccc32)CC1)C[C@@H](O)[C@@H](O)[C@@H]1O[C@H](c2ccccc2)OC[C@H]1O. The van der Waals surface area contributed by atoms with E-state index in [-0.39, 0.29) is 85.4 Å². The topological polar surface area (TPSA) is 239 Å². The molecule has 412 valence electrons. The van der Waals surface area contributed by atoms with E-state index in [9.17, 15) is 29.7 Å². The molecule has 0 unspecified atom stereocenters. The van der Waals surface area contributed by atoms with Gasteiger partial charge in [-0.2, -0.15) is 0 Å². The second-order valence-corrected chi connectivity index (χ2v) is 21.1. The first-order valence-corrected chi connectivity index (χ1v) is 27.5. The third-order valence-corrected chi connectivity index (χ3v) is 15.5. The fourth-order valence-corrected chi connectivity index (χ4v) is 11.0. The number of likely N-dealkylation sites (tertiary alicyclic amines) is 1. The van der Waals surface area contributed by atoms with Gasteiger partial charge in [-0.3, -0.25) is 9.59 Å². The molecule has 3 heterocycles. The molecule has 8 rings (SSSR count). The van der Waals surface area contributed by atoms with E-state index in [0.29, 0.717) is 52.0 Å². The Labute approximate surface area is 456 Å². The zero-order chi connectivity index (χ0) is 54.4. The molecule has 2 saturated heterocycles. The highest BCUT2D eigenvalue weighted by molar-refractivity contribution is 6.31. The first-order valence-electron chi connectivity index (χ1n) is 27.1. The van der Waals surface area contributed by atoms with E-state index < -0.39 is 42.7 Å². The summed E-state index contributed by atoms with van der Waals surface area (Å²) in [5.41, 5.74) is 19.0. The zero-order valence-corrected chi connectivity index (χ0v) is 45.0. The van der Waals surface area contributed by atoms with Gasteiger partial charge in [-0.15, -0.1) is 0 Å². The number of nitrogens with zero attached hydrogens (tertiary/aromatic N) is 5. The number of halogens is 1. The predicted octanol–water partition coefficient (Wildman–Crippen LogP) is 7.15. The average Bonchev–Trinajstić information content (AvgIpc) is 3.82. The Hall–Kier alpha value is -6.18. The molecule has 1 aliphatic carbocycles.